The van der Waals surface area contributed by atoms with E-state index in [2.05, 4.69) is 10.1 Å². The van der Waals surface area contributed by atoms with Crippen molar-refractivity contribution in [3.8, 4) is 16.9 Å². The maximum atomic E-state index is 13.2. The second kappa shape index (κ2) is 8.66. The van der Waals surface area contributed by atoms with E-state index in [1.807, 2.05) is 54.1 Å². The lowest BCUT2D eigenvalue weighted by atomic mass is 10.0. The fourth-order valence-electron chi connectivity index (χ4n) is 3.91. The molecule has 2 aromatic carbocycles. The standard InChI is InChI=1S/C25H20F3N5O/c1-32-21-10-6-5-9-20(21)30-24(32)23(34-18-7-3-2-4-8-18)22-19(17-11-13-29-14-12-17)15-33(31-22)16-25(26,27)28/h2-15,23H,16H2,1H3. The number of fused-ring (bicyclic) bond motifs is 1. The number of ether oxygens (including phenoxy) is 1. The van der Waals surface area contributed by atoms with Gasteiger partial charge in [0.2, 0.25) is 6.10 Å². The summed E-state index contributed by atoms with van der Waals surface area (Å²) in [5.41, 5.74) is 3.15. The van der Waals surface area contributed by atoms with Crippen molar-refractivity contribution in [1.29, 1.82) is 0 Å². The van der Waals surface area contributed by atoms with Crippen molar-refractivity contribution >= 4 is 11.0 Å². The molecule has 1 atom stereocenters. The third-order valence-electron chi connectivity index (χ3n) is 5.42. The highest BCUT2D eigenvalue weighted by atomic mass is 19.4. The third kappa shape index (κ3) is 4.36. The highest BCUT2D eigenvalue weighted by molar-refractivity contribution is 5.76. The van der Waals surface area contributed by atoms with E-state index < -0.39 is 18.8 Å². The molecule has 0 bridgehead atoms. The van der Waals surface area contributed by atoms with E-state index in [9.17, 15) is 13.2 Å². The first-order valence-electron chi connectivity index (χ1n) is 10.6. The van der Waals surface area contributed by atoms with Crippen molar-refractivity contribution in [2.75, 3.05) is 0 Å². The summed E-state index contributed by atoms with van der Waals surface area (Å²) in [6.45, 7) is -1.22. The minimum atomic E-state index is -4.42. The topological polar surface area (TPSA) is 57.8 Å². The van der Waals surface area contributed by atoms with Gasteiger partial charge in [0, 0.05) is 31.2 Å². The molecule has 34 heavy (non-hydrogen) atoms. The summed E-state index contributed by atoms with van der Waals surface area (Å²) in [6, 6.07) is 20.1. The quantitative estimate of drug-likeness (QED) is 0.331. The van der Waals surface area contributed by atoms with Gasteiger partial charge in [0.15, 0.2) is 5.82 Å². The lowest BCUT2D eigenvalue weighted by Crippen LogP contribution is -2.20. The number of rotatable bonds is 6. The van der Waals surface area contributed by atoms with Gasteiger partial charge in [-0.15, -0.1) is 0 Å². The molecule has 0 spiro atoms. The van der Waals surface area contributed by atoms with Gasteiger partial charge in [-0.2, -0.15) is 18.3 Å². The van der Waals surface area contributed by atoms with Crippen molar-refractivity contribution in [3.63, 3.8) is 0 Å². The predicted molar refractivity (Wildman–Crippen MR) is 121 cm³/mol. The van der Waals surface area contributed by atoms with Gasteiger partial charge >= 0.3 is 6.18 Å². The molecular formula is C25H20F3N5O. The normalized spacial score (nSPS) is 12.7. The summed E-state index contributed by atoms with van der Waals surface area (Å²) in [5, 5.41) is 4.35. The number of aromatic nitrogens is 5. The summed E-state index contributed by atoms with van der Waals surface area (Å²) in [7, 11) is 1.85. The van der Waals surface area contributed by atoms with Gasteiger partial charge in [0.25, 0.3) is 0 Å². The van der Waals surface area contributed by atoms with Gasteiger partial charge in [-0.1, -0.05) is 30.3 Å². The highest BCUT2D eigenvalue weighted by Gasteiger charge is 2.33. The molecule has 0 saturated heterocycles. The zero-order valence-corrected chi connectivity index (χ0v) is 18.1. The Bertz CT molecular complexity index is 1410. The number of alkyl halides is 3. The van der Waals surface area contributed by atoms with Gasteiger partial charge in [0.05, 0.1) is 11.0 Å². The maximum absolute atomic E-state index is 13.2. The van der Waals surface area contributed by atoms with Crippen LogP contribution in [-0.2, 0) is 13.6 Å². The molecule has 0 aliphatic rings. The highest BCUT2D eigenvalue weighted by Crippen LogP contribution is 2.35. The van der Waals surface area contributed by atoms with E-state index in [1.165, 1.54) is 6.20 Å². The summed E-state index contributed by atoms with van der Waals surface area (Å²) in [6.07, 6.45) is -0.725. The molecule has 9 heteroatoms. The lowest BCUT2D eigenvalue weighted by Gasteiger charge is -2.19. The van der Waals surface area contributed by atoms with Crippen LogP contribution in [0.4, 0.5) is 13.2 Å². The summed E-state index contributed by atoms with van der Waals surface area (Å²) in [4.78, 5) is 8.78. The first-order valence-corrected chi connectivity index (χ1v) is 10.6. The van der Waals surface area contributed by atoms with E-state index in [0.29, 0.717) is 28.4 Å². The van der Waals surface area contributed by atoms with Gasteiger partial charge in [-0.25, -0.2) is 4.98 Å². The number of imidazole rings is 1. The maximum Gasteiger partial charge on any atom is 0.408 e. The number of halogens is 3. The second-order valence-electron chi connectivity index (χ2n) is 7.81. The molecule has 0 radical (unpaired) electrons. The zero-order chi connectivity index (χ0) is 23.7. The van der Waals surface area contributed by atoms with Gasteiger partial charge < -0.3 is 9.30 Å². The Morgan fingerprint density at radius 2 is 1.65 bits per heavy atom. The van der Waals surface area contributed by atoms with Crippen molar-refractivity contribution in [1.82, 2.24) is 24.3 Å². The summed E-state index contributed by atoms with van der Waals surface area (Å²) < 4.78 is 48.8. The van der Waals surface area contributed by atoms with E-state index in [-0.39, 0.29) is 0 Å². The molecule has 0 aliphatic carbocycles. The molecule has 6 nitrogen and oxygen atoms in total. The van der Waals surface area contributed by atoms with Crippen LogP contribution in [0.3, 0.4) is 0 Å². The van der Waals surface area contributed by atoms with Crippen molar-refractivity contribution in [2.45, 2.75) is 18.8 Å². The number of pyridine rings is 1. The zero-order valence-electron chi connectivity index (χ0n) is 18.1. The average Bonchev–Trinajstić information content (AvgIpc) is 3.39. The largest absolute Gasteiger partial charge is 0.476 e. The monoisotopic (exact) mass is 463 g/mol. The van der Waals surface area contributed by atoms with Crippen LogP contribution < -0.4 is 4.74 Å². The Labute approximate surface area is 193 Å². The molecule has 172 valence electrons. The van der Waals surface area contributed by atoms with Crippen molar-refractivity contribution in [3.05, 3.63) is 96.8 Å². The molecule has 0 N–H and O–H groups in total. The van der Waals surface area contributed by atoms with Crippen LogP contribution >= 0.6 is 0 Å². The first-order chi connectivity index (χ1) is 16.4. The van der Waals surface area contributed by atoms with Gasteiger partial charge in [-0.05, 0) is 42.0 Å². The molecular weight excluding hydrogens is 443 g/mol. The Kier molecular flexibility index (Phi) is 5.53. The molecule has 0 saturated carbocycles. The number of para-hydroxylation sites is 3. The van der Waals surface area contributed by atoms with Crippen LogP contribution in [0.1, 0.15) is 17.6 Å². The van der Waals surface area contributed by atoms with Crippen molar-refractivity contribution < 1.29 is 17.9 Å². The Hall–Kier alpha value is -4.14. The van der Waals surface area contributed by atoms with Gasteiger partial charge in [-0.3, -0.25) is 9.67 Å². The Morgan fingerprint density at radius 1 is 0.941 bits per heavy atom. The van der Waals surface area contributed by atoms with Crippen LogP contribution in [0.2, 0.25) is 0 Å². The van der Waals surface area contributed by atoms with Crippen LogP contribution in [0.5, 0.6) is 5.75 Å². The molecule has 0 amide bonds. The molecule has 5 rings (SSSR count). The van der Waals surface area contributed by atoms with Crippen LogP contribution in [-0.4, -0.2) is 30.5 Å². The third-order valence-corrected chi connectivity index (χ3v) is 5.42. The molecule has 5 aromatic rings. The predicted octanol–water partition coefficient (Wildman–Crippen LogP) is 5.56. The average molecular weight is 463 g/mol. The first kappa shape index (κ1) is 21.7. The minimum Gasteiger partial charge on any atom is -0.476 e. The Morgan fingerprint density at radius 3 is 2.35 bits per heavy atom. The van der Waals surface area contributed by atoms with Crippen LogP contribution in [0, 0.1) is 0 Å². The fraction of sp³-hybridized carbons (Fsp3) is 0.160. The molecule has 0 fully saturated rings. The second-order valence-corrected chi connectivity index (χ2v) is 7.81. The van der Waals surface area contributed by atoms with Crippen LogP contribution in [0.15, 0.2) is 85.3 Å². The Balaban J connectivity index is 1.71. The van der Waals surface area contributed by atoms with E-state index in [4.69, 9.17) is 9.72 Å². The smallest absolute Gasteiger partial charge is 0.408 e. The van der Waals surface area contributed by atoms with Crippen LogP contribution in [0.25, 0.3) is 22.2 Å². The number of nitrogens with zero attached hydrogens (tertiary/aromatic N) is 5. The molecule has 1 unspecified atom stereocenters. The fourth-order valence-corrected chi connectivity index (χ4v) is 3.91. The number of benzene rings is 2. The SMILES string of the molecule is Cn1c(C(Oc2ccccc2)c2nn(CC(F)(F)F)cc2-c2ccncc2)nc2ccccc21. The van der Waals surface area contributed by atoms with E-state index in [0.717, 1.165) is 15.7 Å². The van der Waals surface area contributed by atoms with Gasteiger partial charge in [0.1, 0.15) is 18.0 Å². The summed E-state index contributed by atoms with van der Waals surface area (Å²) >= 11 is 0. The number of hydrogen-bond donors (Lipinski definition) is 0. The minimum absolute atomic E-state index is 0.331. The molecule has 0 aliphatic heterocycles. The lowest BCUT2D eigenvalue weighted by molar-refractivity contribution is -0.142. The number of aryl methyl sites for hydroxylation is 1. The van der Waals surface area contributed by atoms with Crippen molar-refractivity contribution in [2.24, 2.45) is 7.05 Å². The molecule has 3 heterocycles. The molecule has 3 aromatic heterocycles. The number of hydrogen-bond acceptors (Lipinski definition) is 4. The van der Waals surface area contributed by atoms with E-state index >= 15 is 0 Å². The summed E-state index contributed by atoms with van der Waals surface area (Å²) in [5.74, 6) is 1.07. The van der Waals surface area contributed by atoms with E-state index in [1.54, 1.807) is 36.7 Å².